The normalized spacial score (nSPS) is 19.7. The number of carbonyl (C=O) groups is 1. The molecule has 2 atom stereocenters. The molecule has 0 unspecified atom stereocenters. The molecule has 3 rings (SSSR count). The predicted molar refractivity (Wildman–Crippen MR) is 119 cm³/mol. The second-order valence-electron chi connectivity index (χ2n) is 8.10. The lowest BCUT2D eigenvalue weighted by atomic mass is 9.90. The molecule has 1 fully saturated rings. The minimum absolute atomic E-state index is 0.234. The number of amides is 1. The quantitative estimate of drug-likeness (QED) is 0.756. The molecule has 2 aromatic rings. The van der Waals surface area contributed by atoms with Gasteiger partial charge in [-0.3, -0.25) is 0 Å². The Balaban J connectivity index is 1.89. The summed E-state index contributed by atoms with van der Waals surface area (Å²) in [5.41, 5.74) is 3.25. The number of piperidine rings is 1. The van der Waals surface area contributed by atoms with Crippen LogP contribution in [-0.2, 0) is 21.2 Å². The molecule has 0 aromatic heterocycles. The summed E-state index contributed by atoms with van der Waals surface area (Å²) >= 11 is 0. The monoisotopic (exact) mass is 430 g/mol. The molecule has 0 saturated carbocycles. The fourth-order valence-corrected chi connectivity index (χ4v) is 4.79. The van der Waals surface area contributed by atoms with Gasteiger partial charge in [0.05, 0.1) is 18.4 Å². The largest absolute Gasteiger partial charge is 0.447 e. The van der Waals surface area contributed by atoms with Gasteiger partial charge in [0.15, 0.2) is 0 Å². The first kappa shape index (κ1) is 22.3. The molecule has 1 saturated heterocycles. The van der Waals surface area contributed by atoms with E-state index < -0.39 is 16.1 Å². The van der Waals surface area contributed by atoms with Crippen molar-refractivity contribution in [2.24, 2.45) is 0 Å². The van der Waals surface area contributed by atoms with Crippen LogP contribution < -0.4 is 4.72 Å². The number of benzene rings is 2. The standard InChI is InChI=1S/C23H30N2O4S/c1-17(2)29-23(26)25-14-8-13-21(24-30(3,27)28)22(25)16-18-9-7-12-20(15-18)19-10-5-4-6-11-19/h4-7,9-12,15,17,21-22,24H,8,13-14,16H2,1-3H3/t21-,22-/m0/s1. The maximum Gasteiger partial charge on any atom is 0.410 e. The third-order valence-electron chi connectivity index (χ3n) is 5.19. The van der Waals surface area contributed by atoms with Crippen molar-refractivity contribution in [3.8, 4) is 11.1 Å². The molecule has 0 bridgehead atoms. The van der Waals surface area contributed by atoms with Crippen LogP contribution in [0.4, 0.5) is 4.79 Å². The number of nitrogens with zero attached hydrogens (tertiary/aromatic N) is 1. The minimum Gasteiger partial charge on any atom is -0.447 e. The van der Waals surface area contributed by atoms with Crippen molar-refractivity contribution in [1.82, 2.24) is 9.62 Å². The van der Waals surface area contributed by atoms with Gasteiger partial charge in [0.1, 0.15) is 0 Å². The first-order valence-electron chi connectivity index (χ1n) is 10.3. The second kappa shape index (κ2) is 9.62. The van der Waals surface area contributed by atoms with Gasteiger partial charge in [-0.15, -0.1) is 0 Å². The van der Waals surface area contributed by atoms with Gasteiger partial charge >= 0.3 is 6.09 Å². The van der Waals surface area contributed by atoms with E-state index in [1.807, 2.05) is 44.2 Å². The van der Waals surface area contributed by atoms with E-state index >= 15 is 0 Å². The van der Waals surface area contributed by atoms with Crippen LogP contribution in [0.1, 0.15) is 32.3 Å². The van der Waals surface area contributed by atoms with E-state index in [0.29, 0.717) is 19.4 Å². The molecule has 1 N–H and O–H groups in total. The average molecular weight is 431 g/mol. The maximum atomic E-state index is 12.7. The van der Waals surface area contributed by atoms with Crippen LogP contribution >= 0.6 is 0 Å². The molecule has 30 heavy (non-hydrogen) atoms. The Morgan fingerprint density at radius 2 is 1.83 bits per heavy atom. The van der Waals surface area contributed by atoms with Crippen LogP contribution in [0.3, 0.4) is 0 Å². The summed E-state index contributed by atoms with van der Waals surface area (Å²) in [7, 11) is -3.40. The molecular weight excluding hydrogens is 400 g/mol. The highest BCUT2D eigenvalue weighted by atomic mass is 32.2. The number of likely N-dealkylation sites (tertiary alicyclic amines) is 1. The Morgan fingerprint density at radius 1 is 1.13 bits per heavy atom. The molecule has 0 aliphatic carbocycles. The summed E-state index contributed by atoms with van der Waals surface area (Å²) in [4.78, 5) is 14.4. The second-order valence-corrected chi connectivity index (χ2v) is 9.88. The van der Waals surface area contributed by atoms with Crippen LogP contribution in [0, 0.1) is 0 Å². The molecule has 7 heteroatoms. The van der Waals surface area contributed by atoms with Gasteiger partial charge in [-0.25, -0.2) is 17.9 Å². The molecule has 0 spiro atoms. The Bertz CT molecular complexity index is 960. The number of hydrogen-bond donors (Lipinski definition) is 1. The van der Waals surface area contributed by atoms with Crippen molar-refractivity contribution in [3.63, 3.8) is 0 Å². The van der Waals surface area contributed by atoms with Crippen LogP contribution in [-0.4, -0.2) is 50.4 Å². The highest BCUT2D eigenvalue weighted by molar-refractivity contribution is 7.88. The van der Waals surface area contributed by atoms with E-state index in [2.05, 4.69) is 29.0 Å². The first-order chi connectivity index (χ1) is 14.2. The first-order valence-corrected chi connectivity index (χ1v) is 12.2. The summed E-state index contributed by atoms with van der Waals surface area (Å²) in [6, 6.07) is 17.6. The zero-order chi connectivity index (χ0) is 21.7. The van der Waals surface area contributed by atoms with Crippen molar-refractivity contribution in [3.05, 3.63) is 60.2 Å². The van der Waals surface area contributed by atoms with E-state index in [1.165, 1.54) is 0 Å². The molecule has 162 valence electrons. The van der Waals surface area contributed by atoms with Crippen LogP contribution in [0.2, 0.25) is 0 Å². The summed E-state index contributed by atoms with van der Waals surface area (Å²) in [6.07, 6.45) is 2.48. The van der Waals surface area contributed by atoms with Gasteiger partial charge in [0.2, 0.25) is 10.0 Å². The van der Waals surface area contributed by atoms with E-state index in [4.69, 9.17) is 4.74 Å². The van der Waals surface area contributed by atoms with E-state index in [9.17, 15) is 13.2 Å². The lowest BCUT2D eigenvalue weighted by molar-refractivity contribution is 0.0461. The Hall–Kier alpha value is -2.38. The highest BCUT2D eigenvalue weighted by Crippen LogP contribution is 2.26. The number of ether oxygens (including phenoxy) is 1. The van der Waals surface area contributed by atoms with Crippen molar-refractivity contribution in [2.75, 3.05) is 12.8 Å². The van der Waals surface area contributed by atoms with Crippen molar-refractivity contribution >= 4 is 16.1 Å². The predicted octanol–water partition coefficient (Wildman–Crippen LogP) is 3.82. The van der Waals surface area contributed by atoms with Crippen LogP contribution in [0.25, 0.3) is 11.1 Å². The Morgan fingerprint density at radius 3 is 2.50 bits per heavy atom. The SMILES string of the molecule is CC(C)OC(=O)N1CCC[C@H](NS(C)(=O)=O)[C@@H]1Cc1cccc(-c2ccccc2)c1. The third-order valence-corrected chi connectivity index (χ3v) is 5.93. The zero-order valence-electron chi connectivity index (χ0n) is 17.7. The smallest absolute Gasteiger partial charge is 0.410 e. The summed E-state index contributed by atoms with van der Waals surface area (Å²) < 4.78 is 32.1. The molecule has 1 heterocycles. The number of sulfonamides is 1. The summed E-state index contributed by atoms with van der Waals surface area (Å²) in [5, 5.41) is 0. The summed E-state index contributed by atoms with van der Waals surface area (Å²) in [5.74, 6) is 0. The molecule has 1 amide bonds. The molecule has 0 radical (unpaired) electrons. The molecular formula is C23H30N2O4S. The fourth-order valence-electron chi connectivity index (χ4n) is 3.97. The van der Waals surface area contributed by atoms with Gasteiger partial charge in [0, 0.05) is 12.6 Å². The highest BCUT2D eigenvalue weighted by Gasteiger charge is 2.37. The van der Waals surface area contributed by atoms with E-state index in [-0.39, 0.29) is 18.2 Å². The molecule has 1 aliphatic rings. The Labute approximate surface area is 179 Å². The van der Waals surface area contributed by atoms with E-state index in [0.717, 1.165) is 29.4 Å². The number of rotatable bonds is 6. The van der Waals surface area contributed by atoms with Crippen molar-refractivity contribution in [2.45, 2.75) is 51.3 Å². The average Bonchev–Trinajstić information content (AvgIpc) is 2.68. The van der Waals surface area contributed by atoms with E-state index in [1.54, 1.807) is 4.90 Å². The van der Waals surface area contributed by atoms with Gasteiger partial charge in [-0.05, 0) is 49.8 Å². The van der Waals surface area contributed by atoms with Gasteiger partial charge < -0.3 is 9.64 Å². The zero-order valence-corrected chi connectivity index (χ0v) is 18.6. The number of hydrogen-bond acceptors (Lipinski definition) is 4. The molecule has 1 aliphatic heterocycles. The molecule has 6 nitrogen and oxygen atoms in total. The summed E-state index contributed by atoms with van der Waals surface area (Å²) in [6.45, 7) is 4.18. The van der Waals surface area contributed by atoms with Gasteiger partial charge in [0.25, 0.3) is 0 Å². The van der Waals surface area contributed by atoms with Crippen molar-refractivity contribution in [1.29, 1.82) is 0 Å². The molecule has 2 aromatic carbocycles. The van der Waals surface area contributed by atoms with Crippen molar-refractivity contribution < 1.29 is 17.9 Å². The van der Waals surface area contributed by atoms with Crippen LogP contribution in [0.5, 0.6) is 0 Å². The Kier molecular flexibility index (Phi) is 7.15. The number of carbonyl (C=O) groups excluding carboxylic acids is 1. The van der Waals surface area contributed by atoms with Gasteiger partial charge in [-0.1, -0.05) is 54.6 Å². The minimum atomic E-state index is -3.40. The lowest BCUT2D eigenvalue weighted by Gasteiger charge is -2.41. The lowest BCUT2D eigenvalue weighted by Crippen LogP contribution is -2.58. The maximum absolute atomic E-state index is 12.7. The number of nitrogens with one attached hydrogen (secondary N) is 1. The topological polar surface area (TPSA) is 75.7 Å². The van der Waals surface area contributed by atoms with Gasteiger partial charge in [-0.2, -0.15) is 0 Å². The fraction of sp³-hybridized carbons (Fsp3) is 0.435. The van der Waals surface area contributed by atoms with Crippen LogP contribution in [0.15, 0.2) is 54.6 Å². The third kappa shape index (κ3) is 6.06.